The van der Waals surface area contributed by atoms with Crippen molar-refractivity contribution in [3.63, 3.8) is 0 Å². The van der Waals surface area contributed by atoms with Crippen molar-refractivity contribution in [3.8, 4) is 0 Å². The number of hydrogen-bond acceptors (Lipinski definition) is 6. The zero-order chi connectivity index (χ0) is 26.4. The molecule has 9 heteroatoms. The Bertz CT molecular complexity index is 1410. The fraction of sp³-hybridized carbons (Fsp3) is 0.107. The Balaban J connectivity index is 1.86. The van der Waals surface area contributed by atoms with E-state index in [1.165, 1.54) is 67.0 Å². The largest absolute Gasteiger partial charge is 0.465 e. The highest BCUT2D eigenvalue weighted by Crippen LogP contribution is 2.32. The molecule has 0 aliphatic heterocycles. The Labute approximate surface area is 212 Å². The minimum Gasteiger partial charge on any atom is -0.465 e. The monoisotopic (exact) mass is 498 g/mol. The molecular formula is C28H23FN4O4. The molecule has 1 heterocycles. The zero-order valence-corrected chi connectivity index (χ0v) is 20.1. The maximum absolute atomic E-state index is 13.9. The summed E-state index contributed by atoms with van der Waals surface area (Å²) in [5, 5.41) is 2.78. The first kappa shape index (κ1) is 25.2. The Kier molecular flexibility index (Phi) is 7.63. The van der Waals surface area contributed by atoms with Gasteiger partial charge in [-0.05, 0) is 66.6 Å². The Morgan fingerprint density at radius 1 is 0.946 bits per heavy atom. The molecule has 1 atom stereocenters. The van der Waals surface area contributed by atoms with E-state index in [4.69, 9.17) is 4.74 Å². The van der Waals surface area contributed by atoms with E-state index in [2.05, 4.69) is 15.3 Å². The van der Waals surface area contributed by atoms with Gasteiger partial charge in [-0.2, -0.15) is 0 Å². The fourth-order valence-electron chi connectivity index (χ4n) is 3.83. The van der Waals surface area contributed by atoms with E-state index in [1.54, 1.807) is 24.3 Å². The third kappa shape index (κ3) is 5.67. The third-order valence-electron chi connectivity index (χ3n) is 5.67. The van der Waals surface area contributed by atoms with Crippen LogP contribution in [-0.4, -0.2) is 34.9 Å². The van der Waals surface area contributed by atoms with Crippen LogP contribution in [0.5, 0.6) is 0 Å². The SMILES string of the molecule is COC(=O)c1ccc(N(C(=O)c2cnccn2)C(C(=O)Nc2ccc(F)cc2)c2ccccc2C)cc1. The van der Waals surface area contributed by atoms with Gasteiger partial charge in [0.2, 0.25) is 0 Å². The number of esters is 1. The van der Waals surface area contributed by atoms with Crippen molar-refractivity contribution in [2.75, 3.05) is 17.3 Å². The number of methoxy groups -OCH3 is 1. The van der Waals surface area contributed by atoms with Gasteiger partial charge in [0.1, 0.15) is 17.6 Å². The first-order valence-corrected chi connectivity index (χ1v) is 11.3. The molecule has 186 valence electrons. The molecule has 1 aromatic heterocycles. The lowest BCUT2D eigenvalue weighted by molar-refractivity contribution is -0.117. The van der Waals surface area contributed by atoms with E-state index in [0.29, 0.717) is 16.9 Å². The average molecular weight is 499 g/mol. The standard InChI is InChI=1S/C28H23FN4O4/c1-18-5-3-4-6-23(18)25(26(34)32-21-11-9-20(29)10-12-21)33(27(35)24-17-30-15-16-31-24)22-13-7-19(8-14-22)28(36)37-2/h3-17,25H,1-2H3,(H,32,34). The second-order valence-corrected chi connectivity index (χ2v) is 8.06. The van der Waals surface area contributed by atoms with Crippen molar-refractivity contribution in [1.29, 1.82) is 0 Å². The number of ether oxygens (including phenoxy) is 1. The number of nitrogens with zero attached hydrogens (tertiary/aromatic N) is 3. The van der Waals surface area contributed by atoms with E-state index < -0.39 is 29.6 Å². The maximum Gasteiger partial charge on any atom is 0.337 e. The summed E-state index contributed by atoms with van der Waals surface area (Å²) in [7, 11) is 1.27. The van der Waals surface area contributed by atoms with Crippen LogP contribution in [0.3, 0.4) is 0 Å². The normalized spacial score (nSPS) is 11.3. The molecule has 0 bridgehead atoms. The van der Waals surface area contributed by atoms with Crippen LogP contribution in [-0.2, 0) is 9.53 Å². The van der Waals surface area contributed by atoms with E-state index in [0.717, 1.165) is 5.56 Å². The molecule has 0 fully saturated rings. The number of anilines is 2. The van der Waals surface area contributed by atoms with Crippen molar-refractivity contribution in [3.05, 3.63) is 120 Å². The van der Waals surface area contributed by atoms with Gasteiger partial charge in [0, 0.05) is 23.8 Å². The van der Waals surface area contributed by atoms with Crippen LogP contribution in [0, 0.1) is 12.7 Å². The molecule has 0 aliphatic rings. The Morgan fingerprint density at radius 2 is 1.65 bits per heavy atom. The lowest BCUT2D eigenvalue weighted by atomic mass is 9.97. The van der Waals surface area contributed by atoms with Crippen molar-refractivity contribution in [2.45, 2.75) is 13.0 Å². The van der Waals surface area contributed by atoms with Crippen molar-refractivity contribution in [2.24, 2.45) is 0 Å². The topological polar surface area (TPSA) is 101 Å². The molecule has 4 aromatic rings. The number of benzene rings is 3. The third-order valence-corrected chi connectivity index (χ3v) is 5.67. The molecule has 3 aromatic carbocycles. The predicted octanol–water partition coefficient (Wildman–Crippen LogP) is 4.74. The highest BCUT2D eigenvalue weighted by Gasteiger charge is 2.35. The highest BCUT2D eigenvalue weighted by molar-refractivity contribution is 6.11. The second kappa shape index (κ2) is 11.2. The number of carbonyl (C=O) groups is 3. The van der Waals surface area contributed by atoms with Gasteiger partial charge in [-0.15, -0.1) is 0 Å². The summed E-state index contributed by atoms with van der Waals surface area (Å²) < 4.78 is 18.2. The number of carbonyl (C=O) groups excluding carboxylic acids is 3. The van der Waals surface area contributed by atoms with Crippen LogP contribution in [0.4, 0.5) is 15.8 Å². The van der Waals surface area contributed by atoms with Gasteiger partial charge >= 0.3 is 5.97 Å². The van der Waals surface area contributed by atoms with Crippen molar-refractivity contribution in [1.82, 2.24) is 9.97 Å². The summed E-state index contributed by atoms with van der Waals surface area (Å²) in [6.45, 7) is 1.83. The number of nitrogens with one attached hydrogen (secondary N) is 1. The van der Waals surface area contributed by atoms with Gasteiger partial charge in [0.15, 0.2) is 0 Å². The summed E-state index contributed by atoms with van der Waals surface area (Å²) in [4.78, 5) is 49.1. The predicted molar refractivity (Wildman–Crippen MR) is 136 cm³/mol. The average Bonchev–Trinajstić information content (AvgIpc) is 2.93. The van der Waals surface area contributed by atoms with Crippen LogP contribution in [0.15, 0.2) is 91.4 Å². The van der Waals surface area contributed by atoms with E-state index in [-0.39, 0.29) is 11.3 Å². The van der Waals surface area contributed by atoms with Crippen molar-refractivity contribution >= 4 is 29.2 Å². The van der Waals surface area contributed by atoms with E-state index in [9.17, 15) is 18.8 Å². The molecule has 4 rings (SSSR count). The molecule has 0 saturated carbocycles. The lowest BCUT2D eigenvalue weighted by Crippen LogP contribution is -2.42. The molecule has 37 heavy (non-hydrogen) atoms. The number of rotatable bonds is 7. The van der Waals surface area contributed by atoms with Gasteiger partial charge in [0.25, 0.3) is 11.8 Å². The van der Waals surface area contributed by atoms with E-state index in [1.807, 2.05) is 19.1 Å². The summed E-state index contributed by atoms with van der Waals surface area (Å²) in [5.41, 5.74) is 2.33. The van der Waals surface area contributed by atoms with Gasteiger partial charge in [-0.25, -0.2) is 14.2 Å². The highest BCUT2D eigenvalue weighted by atomic mass is 19.1. The Hall–Kier alpha value is -4.92. The van der Waals surface area contributed by atoms with Crippen LogP contribution in [0.1, 0.15) is 38.0 Å². The molecule has 0 saturated heterocycles. The summed E-state index contributed by atoms with van der Waals surface area (Å²) >= 11 is 0. The number of aryl methyl sites for hydroxylation is 1. The van der Waals surface area contributed by atoms with Gasteiger partial charge < -0.3 is 10.1 Å². The maximum atomic E-state index is 13.9. The van der Waals surface area contributed by atoms with E-state index >= 15 is 0 Å². The van der Waals surface area contributed by atoms with Gasteiger partial charge in [-0.3, -0.25) is 19.5 Å². The second-order valence-electron chi connectivity index (χ2n) is 8.06. The number of amides is 2. The van der Waals surface area contributed by atoms with Crippen LogP contribution < -0.4 is 10.2 Å². The lowest BCUT2D eigenvalue weighted by Gasteiger charge is -2.32. The molecule has 0 aliphatic carbocycles. The molecule has 0 spiro atoms. The minimum atomic E-state index is -1.15. The first-order valence-electron chi connectivity index (χ1n) is 11.3. The van der Waals surface area contributed by atoms with Gasteiger partial charge in [-0.1, -0.05) is 24.3 Å². The number of hydrogen-bond donors (Lipinski definition) is 1. The summed E-state index contributed by atoms with van der Waals surface area (Å²) in [6.07, 6.45) is 4.13. The van der Waals surface area contributed by atoms with Crippen molar-refractivity contribution < 1.29 is 23.5 Å². The zero-order valence-electron chi connectivity index (χ0n) is 20.1. The fourth-order valence-corrected chi connectivity index (χ4v) is 3.83. The number of halogens is 1. The quantitative estimate of drug-likeness (QED) is 0.370. The van der Waals surface area contributed by atoms with Gasteiger partial charge in [0.05, 0.1) is 18.9 Å². The molecule has 2 amide bonds. The summed E-state index contributed by atoms with van der Waals surface area (Å²) in [6, 6.07) is 17.5. The van der Waals surface area contributed by atoms with Crippen LogP contribution in [0.25, 0.3) is 0 Å². The first-order chi connectivity index (χ1) is 17.9. The molecule has 1 N–H and O–H groups in total. The molecule has 1 unspecified atom stereocenters. The Morgan fingerprint density at radius 3 is 2.27 bits per heavy atom. The van der Waals surface area contributed by atoms with Crippen LogP contribution >= 0.6 is 0 Å². The molecular weight excluding hydrogens is 475 g/mol. The molecule has 8 nitrogen and oxygen atoms in total. The molecule has 0 radical (unpaired) electrons. The summed E-state index contributed by atoms with van der Waals surface area (Å²) in [5.74, 6) is -2.10. The smallest absolute Gasteiger partial charge is 0.337 e. The number of aromatic nitrogens is 2. The van der Waals surface area contributed by atoms with Crippen LogP contribution in [0.2, 0.25) is 0 Å². The minimum absolute atomic E-state index is 0.0210.